The van der Waals surface area contributed by atoms with E-state index in [1.165, 1.54) is 30.3 Å². The van der Waals surface area contributed by atoms with E-state index in [0.29, 0.717) is 22.3 Å². The van der Waals surface area contributed by atoms with Gasteiger partial charge in [-0.1, -0.05) is 11.8 Å². The number of carbonyl (C=O) groups excluding carboxylic acids is 1. The molecule has 3 nitrogen and oxygen atoms in total. The second-order valence-electron chi connectivity index (χ2n) is 3.73. The smallest absolute Gasteiger partial charge is 0.288 e. The standard InChI is InChI=1S/C13H9F3N2OS/c14-11-6-1-8(7-17-11)12(19)18-9-2-4-10(5-3-9)20-13(15)16/h1-7,13H,(H,18,19). The highest BCUT2D eigenvalue weighted by Crippen LogP contribution is 2.26. The quantitative estimate of drug-likeness (QED) is 0.690. The zero-order chi connectivity index (χ0) is 14.5. The van der Waals surface area contributed by atoms with Crippen molar-refractivity contribution < 1.29 is 18.0 Å². The fraction of sp³-hybridized carbons (Fsp3) is 0.0769. The summed E-state index contributed by atoms with van der Waals surface area (Å²) in [7, 11) is 0. The molecule has 104 valence electrons. The van der Waals surface area contributed by atoms with Crippen molar-refractivity contribution in [2.45, 2.75) is 10.7 Å². The van der Waals surface area contributed by atoms with Crippen LogP contribution in [0, 0.1) is 5.95 Å². The second kappa shape index (κ2) is 6.42. The van der Waals surface area contributed by atoms with Crippen molar-refractivity contribution in [1.29, 1.82) is 0 Å². The van der Waals surface area contributed by atoms with Gasteiger partial charge in [0, 0.05) is 16.8 Å². The molecule has 0 aliphatic rings. The Hall–Kier alpha value is -2.02. The van der Waals surface area contributed by atoms with Gasteiger partial charge in [0.25, 0.3) is 11.7 Å². The molecule has 1 heterocycles. The number of halogens is 3. The van der Waals surface area contributed by atoms with Crippen molar-refractivity contribution in [3.63, 3.8) is 0 Å². The lowest BCUT2D eigenvalue weighted by atomic mass is 10.2. The Bertz CT molecular complexity index is 588. The van der Waals surface area contributed by atoms with Crippen LogP contribution in [0.3, 0.4) is 0 Å². The first kappa shape index (κ1) is 14.4. The lowest BCUT2D eigenvalue weighted by molar-refractivity contribution is 0.102. The number of hydrogen-bond donors (Lipinski definition) is 1. The molecule has 0 radical (unpaired) electrons. The summed E-state index contributed by atoms with van der Waals surface area (Å²) in [6, 6.07) is 8.37. The van der Waals surface area contributed by atoms with Crippen LogP contribution in [-0.2, 0) is 0 Å². The molecular weight excluding hydrogens is 289 g/mol. The van der Waals surface area contributed by atoms with Gasteiger partial charge in [-0.15, -0.1) is 0 Å². The number of hydrogen-bond acceptors (Lipinski definition) is 3. The number of nitrogens with one attached hydrogen (secondary N) is 1. The van der Waals surface area contributed by atoms with Crippen LogP contribution in [0.2, 0.25) is 0 Å². The molecule has 0 unspecified atom stereocenters. The van der Waals surface area contributed by atoms with E-state index in [0.717, 1.165) is 12.3 Å². The molecule has 20 heavy (non-hydrogen) atoms. The van der Waals surface area contributed by atoms with Crippen molar-refractivity contribution in [3.05, 3.63) is 54.1 Å². The minimum Gasteiger partial charge on any atom is -0.322 e. The van der Waals surface area contributed by atoms with E-state index < -0.39 is 17.6 Å². The Balaban J connectivity index is 2.02. The summed E-state index contributed by atoms with van der Waals surface area (Å²) in [4.78, 5) is 15.6. The van der Waals surface area contributed by atoms with Gasteiger partial charge in [0.05, 0.1) is 5.56 Å². The molecule has 2 aromatic rings. The molecule has 1 amide bonds. The van der Waals surface area contributed by atoms with Crippen molar-refractivity contribution in [3.8, 4) is 0 Å². The Kier molecular flexibility index (Phi) is 4.62. The van der Waals surface area contributed by atoms with Crippen LogP contribution < -0.4 is 5.32 Å². The van der Waals surface area contributed by atoms with Crippen molar-refractivity contribution >= 4 is 23.4 Å². The number of pyridine rings is 1. The maximum absolute atomic E-state index is 12.6. The van der Waals surface area contributed by atoms with Crippen LogP contribution in [0.1, 0.15) is 10.4 Å². The van der Waals surface area contributed by atoms with E-state index >= 15 is 0 Å². The predicted octanol–water partition coefficient (Wildman–Crippen LogP) is 3.79. The van der Waals surface area contributed by atoms with Crippen molar-refractivity contribution in [1.82, 2.24) is 4.98 Å². The number of amides is 1. The molecule has 1 aromatic carbocycles. The van der Waals surface area contributed by atoms with E-state index in [4.69, 9.17) is 0 Å². The highest BCUT2D eigenvalue weighted by atomic mass is 32.2. The number of nitrogens with zero attached hydrogens (tertiary/aromatic N) is 1. The number of anilines is 1. The van der Waals surface area contributed by atoms with E-state index in [-0.39, 0.29) is 5.56 Å². The van der Waals surface area contributed by atoms with Gasteiger partial charge >= 0.3 is 0 Å². The zero-order valence-corrected chi connectivity index (χ0v) is 10.8. The van der Waals surface area contributed by atoms with E-state index in [2.05, 4.69) is 10.3 Å². The molecule has 1 aromatic heterocycles. The largest absolute Gasteiger partial charge is 0.322 e. The van der Waals surface area contributed by atoms with Gasteiger partial charge in [0.1, 0.15) is 0 Å². The second-order valence-corrected chi connectivity index (χ2v) is 4.79. The Morgan fingerprint density at radius 2 is 1.85 bits per heavy atom. The average Bonchev–Trinajstić information content (AvgIpc) is 2.41. The molecule has 7 heteroatoms. The normalized spacial score (nSPS) is 10.6. The number of aromatic nitrogens is 1. The summed E-state index contributed by atoms with van der Waals surface area (Å²) in [5.41, 5.74) is 0.662. The van der Waals surface area contributed by atoms with Crippen molar-refractivity contribution in [2.24, 2.45) is 0 Å². The molecule has 0 fully saturated rings. The highest BCUT2D eigenvalue weighted by Gasteiger charge is 2.08. The number of benzene rings is 1. The molecule has 0 saturated carbocycles. The van der Waals surface area contributed by atoms with Crippen LogP contribution in [0.25, 0.3) is 0 Å². The minimum absolute atomic E-state index is 0.206. The van der Waals surface area contributed by atoms with Crippen LogP contribution in [0.4, 0.5) is 18.9 Å². The van der Waals surface area contributed by atoms with Gasteiger partial charge in [-0.2, -0.15) is 13.2 Å². The molecule has 0 bridgehead atoms. The summed E-state index contributed by atoms with van der Waals surface area (Å²) in [6.07, 6.45) is 1.12. The molecule has 0 aliphatic heterocycles. The predicted molar refractivity (Wildman–Crippen MR) is 70.5 cm³/mol. The van der Waals surface area contributed by atoms with E-state index in [1.807, 2.05) is 0 Å². The number of alkyl halides is 2. The number of carbonyl (C=O) groups is 1. The summed E-state index contributed by atoms with van der Waals surface area (Å²) in [6.45, 7) is 0. The van der Waals surface area contributed by atoms with Crippen LogP contribution in [0.15, 0.2) is 47.5 Å². The van der Waals surface area contributed by atoms with Gasteiger partial charge < -0.3 is 5.32 Å². The SMILES string of the molecule is O=C(Nc1ccc(SC(F)F)cc1)c1ccc(F)nc1. The van der Waals surface area contributed by atoms with Gasteiger partial charge in [-0.3, -0.25) is 4.79 Å². The minimum atomic E-state index is -2.49. The average molecular weight is 298 g/mol. The summed E-state index contributed by atoms with van der Waals surface area (Å²) in [5, 5.41) is 2.56. The van der Waals surface area contributed by atoms with Crippen molar-refractivity contribution in [2.75, 3.05) is 5.32 Å². The maximum Gasteiger partial charge on any atom is 0.288 e. The first-order valence-electron chi connectivity index (χ1n) is 5.52. The summed E-state index contributed by atoms with van der Waals surface area (Å²) in [5.74, 6) is -3.61. The third kappa shape index (κ3) is 3.99. The Labute approximate surface area is 117 Å². The lowest BCUT2D eigenvalue weighted by Crippen LogP contribution is -2.12. The summed E-state index contributed by atoms with van der Waals surface area (Å²) < 4.78 is 36.9. The molecule has 1 N–H and O–H groups in total. The fourth-order valence-electron chi connectivity index (χ4n) is 1.43. The zero-order valence-electron chi connectivity index (χ0n) is 10.0. The number of rotatable bonds is 4. The molecule has 0 saturated heterocycles. The summed E-state index contributed by atoms with van der Waals surface area (Å²) >= 11 is 0.426. The molecule has 0 aliphatic carbocycles. The first-order chi connectivity index (χ1) is 9.54. The molecular formula is C13H9F3N2OS. The highest BCUT2D eigenvalue weighted by molar-refractivity contribution is 7.99. The molecule has 2 rings (SSSR count). The van der Waals surface area contributed by atoms with Crippen LogP contribution in [-0.4, -0.2) is 16.6 Å². The van der Waals surface area contributed by atoms with Gasteiger partial charge in [-0.25, -0.2) is 4.98 Å². The third-order valence-electron chi connectivity index (χ3n) is 2.33. The van der Waals surface area contributed by atoms with Crippen LogP contribution >= 0.6 is 11.8 Å². The van der Waals surface area contributed by atoms with E-state index in [1.54, 1.807) is 0 Å². The third-order valence-corrected chi connectivity index (χ3v) is 3.05. The topological polar surface area (TPSA) is 42.0 Å². The Morgan fingerprint density at radius 3 is 2.40 bits per heavy atom. The van der Waals surface area contributed by atoms with Gasteiger partial charge in [0.15, 0.2) is 0 Å². The maximum atomic E-state index is 12.6. The molecule has 0 atom stereocenters. The van der Waals surface area contributed by atoms with Gasteiger partial charge in [0.2, 0.25) is 5.95 Å². The van der Waals surface area contributed by atoms with Gasteiger partial charge in [-0.05, 0) is 36.4 Å². The van der Waals surface area contributed by atoms with Crippen LogP contribution in [0.5, 0.6) is 0 Å². The fourth-order valence-corrected chi connectivity index (χ4v) is 1.93. The Morgan fingerprint density at radius 1 is 1.15 bits per heavy atom. The lowest BCUT2D eigenvalue weighted by Gasteiger charge is -2.06. The first-order valence-corrected chi connectivity index (χ1v) is 6.40. The molecule has 0 spiro atoms. The monoisotopic (exact) mass is 298 g/mol. The number of thioether (sulfide) groups is 1. The van der Waals surface area contributed by atoms with E-state index in [9.17, 15) is 18.0 Å².